The van der Waals surface area contributed by atoms with Crippen molar-refractivity contribution in [1.82, 2.24) is 5.16 Å². The van der Waals surface area contributed by atoms with Gasteiger partial charge in [-0.25, -0.2) is 0 Å². The van der Waals surface area contributed by atoms with Crippen molar-refractivity contribution in [3.8, 4) is 0 Å². The van der Waals surface area contributed by atoms with Crippen LogP contribution in [-0.2, 0) is 12.7 Å². The number of halogens is 3. The summed E-state index contributed by atoms with van der Waals surface area (Å²) in [6.07, 6.45) is -3.34. The van der Waals surface area contributed by atoms with Gasteiger partial charge < -0.3 is 9.84 Å². The first-order valence-corrected chi connectivity index (χ1v) is 5.37. The Hall–Kier alpha value is -2.58. The van der Waals surface area contributed by atoms with Gasteiger partial charge in [-0.15, -0.1) is 0 Å². The molecule has 0 atom stereocenters. The summed E-state index contributed by atoms with van der Waals surface area (Å²) in [5, 5.41) is 16.5. The maximum Gasteiger partial charge on any atom is 0.418 e. The highest BCUT2D eigenvalue weighted by Crippen LogP contribution is 2.37. The van der Waals surface area contributed by atoms with E-state index in [1.807, 2.05) is 0 Å². The Morgan fingerprint density at radius 2 is 2.10 bits per heavy atom. The molecule has 0 aliphatic rings. The molecule has 2 rings (SSSR count). The van der Waals surface area contributed by atoms with E-state index in [9.17, 15) is 23.3 Å². The van der Waals surface area contributed by atoms with Crippen LogP contribution in [0.25, 0.3) is 0 Å². The minimum Gasteiger partial charge on any atom is -0.377 e. The standard InChI is InChI=1S/C11H8F3N3O3/c12-11(13,14)9-5-7(17(18)19)1-2-10(9)15-6-8-3-4-16-20-8/h1-5,15H,6H2. The summed E-state index contributed by atoms with van der Waals surface area (Å²) in [5.74, 6) is 0.344. The van der Waals surface area contributed by atoms with Crippen LogP contribution in [-0.4, -0.2) is 10.1 Å². The average Bonchev–Trinajstić information content (AvgIpc) is 2.88. The van der Waals surface area contributed by atoms with E-state index in [0.29, 0.717) is 11.8 Å². The molecule has 9 heteroatoms. The van der Waals surface area contributed by atoms with E-state index in [-0.39, 0.29) is 12.2 Å². The summed E-state index contributed by atoms with van der Waals surface area (Å²) >= 11 is 0. The third kappa shape index (κ3) is 3.05. The second-order valence-electron chi connectivity index (χ2n) is 3.82. The number of aromatic nitrogens is 1. The van der Waals surface area contributed by atoms with Crippen LogP contribution in [0.1, 0.15) is 11.3 Å². The number of nitro benzene ring substituents is 1. The monoisotopic (exact) mass is 287 g/mol. The minimum atomic E-state index is -4.70. The molecule has 20 heavy (non-hydrogen) atoms. The number of nitro groups is 1. The van der Waals surface area contributed by atoms with E-state index in [1.165, 1.54) is 12.3 Å². The predicted molar refractivity (Wildman–Crippen MR) is 61.9 cm³/mol. The Labute approximate surface area is 110 Å². The van der Waals surface area contributed by atoms with Gasteiger partial charge in [0.2, 0.25) is 0 Å². The average molecular weight is 287 g/mol. The lowest BCUT2D eigenvalue weighted by atomic mass is 10.1. The highest BCUT2D eigenvalue weighted by Gasteiger charge is 2.35. The molecule has 1 aromatic heterocycles. The number of alkyl halides is 3. The quantitative estimate of drug-likeness (QED) is 0.689. The van der Waals surface area contributed by atoms with Gasteiger partial charge in [-0.3, -0.25) is 10.1 Å². The number of benzene rings is 1. The zero-order valence-corrected chi connectivity index (χ0v) is 9.85. The van der Waals surface area contributed by atoms with Crippen molar-refractivity contribution in [2.75, 3.05) is 5.32 Å². The van der Waals surface area contributed by atoms with Gasteiger partial charge in [0.25, 0.3) is 5.69 Å². The number of nitrogens with one attached hydrogen (secondary N) is 1. The molecule has 0 bridgehead atoms. The van der Waals surface area contributed by atoms with Crippen molar-refractivity contribution in [2.24, 2.45) is 0 Å². The highest BCUT2D eigenvalue weighted by atomic mass is 19.4. The van der Waals surface area contributed by atoms with Crippen LogP contribution in [0, 0.1) is 10.1 Å². The molecule has 0 unspecified atom stereocenters. The van der Waals surface area contributed by atoms with Crippen molar-refractivity contribution in [3.63, 3.8) is 0 Å². The van der Waals surface area contributed by atoms with E-state index < -0.39 is 22.4 Å². The third-order valence-corrected chi connectivity index (χ3v) is 2.46. The van der Waals surface area contributed by atoms with Crippen LogP contribution in [0.5, 0.6) is 0 Å². The minimum absolute atomic E-state index is 0.0130. The van der Waals surface area contributed by atoms with Crippen molar-refractivity contribution < 1.29 is 22.6 Å². The van der Waals surface area contributed by atoms with Gasteiger partial charge in [-0.2, -0.15) is 13.2 Å². The fourth-order valence-electron chi connectivity index (χ4n) is 1.55. The molecule has 0 fully saturated rings. The topological polar surface area (TPSA) is 81.2 Å². The van der Waals surface area contributed by atoms with E-state index >= 15 is 0 Å². The third-order valence-electron chi connectivity index (χ3n) is 2.46. The van der Waals surface area contributed by atoms with Crippen molar-refractivity contribution in [3.05, 3.63) is 51.9 Å². The van der Waals surface area contributed by atoms with Crippen LogP contribution in [0.2, 0.25) is 0 Å². The van der Waals surface area contributed by atoms with Crippen LogP contribution >= 0.6 is 0 Å². The zero-order valence-electron chi connectivity index (χ0n) is 9.85. The van der Waals surface area contributed by atoms with Gasteiger partial charge in [0.15, 0.2) is 5.76 Å². The lowest BCUT2D eigenvalue weighted by Crippen LogP contribution is -2.11. The molecule has 0 spiro atoms. The Morgan fingerprint density at radius 1 is 1.35 bits per heavy atom. The molecule has 106 valence electrons. The van der Waals surface area contributed by atoms with E-state index in [2.05, 4.69) is 10.5 Å². The first-order valence-electron chi connectivity index (χ1n) is 5.37. The molecular formula is C11H8F3N3O3. The molecule has 1 N–H and O–H groups in total. The van der Waals surface area contributed by atoms with Crippen LogP contribution in [0.3, 0.4) is 0 Å². The molecular weight excluding hydrogens is 279 g/mol. The molecule has 0 aliphatic carbocycles. The number of rotatable bonds is 4. The number of hydrogen-bond acceptors (Lipinski definition) is 5. The van der Waals surface area contributed by atoms with Crippen LogP contribution in [0.4, 0.5) is 24.5 Å². The van der Waals surface area contributed by atoms with Gasteiger partial charge in [0.1, 0.15) is 0 Å². The Balaban J connectivity index is 2.29. The molecule has 2 aromatic rings. The summed E-state index contributed by atoms with van der Waals surface area (Å²) < 4.78 is 43.3. The molecule has 6 nitrogen and oxygen atoms in total. The fraction of sp³-hybridized carbons (Fsp3) is 0.182. The Kier molecular flexibility index (Phi) is 3.59. The normalized spacial score (nSPS) is 11.3. The largest absolute Gasteiger partial charge is 0.418 e. The first-order chi connectivity index (χ1) is 9.38. The van der Waals surface area contributed by atoms with E-state index in [4.69, 9.17) is 4.52 Å². The second kappa shape index (κ2) is 5.19. The van der Waals surface area contributed by atoms with Gasteiger partial charge in [0.05, 0.1) is 23.2 Å². The maximum absolute atomic E-state index is 12.9. The Morgan fingerprint density at radius 3 is 2.65 bits per heavy atom. The fourth-order valence-corrected chi connectivity index (χ4v) is 1.55. The predicted octanol–water partition coefficient (Wildman–Crippen LogP) is 3.21. The summed E-state index contributed by atoms with van der Waals surface area (Å²) in [7, 11) is 0. The van der Waals surface area contributed by atoms with E-state index in [1.54, 1.807) is 0 Å². The zero-order chi connectivity index (χ0) is 14.8. The van der Waals surface area contributed by atoms with Gasteiger partial charge in [-0.1, -0.05) is 5.16 Å². The summed E-state index contributed by atoms with van der Waals surface area (Å²) in [6, 6.07) is 3.99. The lowest BCUT2D eigenvalue weighted by molar-refractivity contribution is -0.385. The van der Waals surface area contributed by atoms with Gasteiger partial charge in [-0.05, 0) is 6.07 Å². The second-order valence-corrected chi connectivity index (χ2v) is 3.82. The highest BCUT2D eigenvalue weighted by molar-refractivity contribution is 5.57. The molecule has 0 saturated carbocycles. The SMILES string of the molecule is O=[N+]([O-])c1ccc(NCc2ccno2)c(C(F)(F)F)c1. The molecule has 1 aromatic carbocycles. The molecule has 0 radical (unpaired) electrons. The van der Waals surface area contributed by atoms with Crippen LogP contribution < -0.4 is 5.32 Å². The smallest absolute Gasteiger partial charge is 0.377 e. The maximum atomic E-state index is 12.9. The molecule has 0 aliphatic heterocycles. The summed E-state index contributed by atoms with van der Waals surface area (Å²) in [6.45, 7) is -0.0130. The molecule has 0 amide bonds. The van der Waals surface area contributed by atoms with Crippen molar-refractivity contribution >= 4 is 11.4 Å². The van der Waals surface area contributed by atoms with Crippen LogP contribution in [0.15, 0.2) is 35.0 Å². The van der Waals surface area contributed by atoms with Crippen molar-refractivity contribution in [1.29, 1.82) is 0 Å². The lowest BCUT2D eigenvalue weighted by Gasteiger charge is -2.13. The first kappa shape index (κ1) is 13.8. The number of hydrogen-bond donors (Lipinski definition) is 1. The van der Waals surface area contributed by atoms with Crippen molar-refractivity contribution in [2.45, 2.75) is 12.7 Å². The van der Waals surface area contributed by atoms with E-state index in [0.717, 1.165) is 12.1 Å². The number of non-ortho nitro benzene ring substituents is 1. The molecule has 1 heterocycles. The summed E-state index contributed by atoms with van der Waals surface area (Å²) in [5.41, 5.74) is -1.99. The van der Waals surface area contributed by atoms with Gasteiger partial charge in [0, 0.05) is 23.9 Å². The molecule has 0 saturated heterocycles. The van der Waals surface area contributed by atoms with Gasteiger partial charge >= 0.3 is 6.18 Å². The number of anilines is 1. The number of nitrogens with zero attached hydrogens (tertiary/aromatic N) is 2. The summed E-state index contributed by atoms with van der Waals surface area (Å²) in [4.78, 5) is 9.65. The Bertz CT molecular complexity index is 611.